The standard InChI is InChI=1S/C30H28ClN5O4/c1-15(2)35-24(20-14-32-29(40-6)34-26(20)39-5)13-19-25(35)30(21-10-9-18(31)12-22(21)33-28(30)38)36(27(19)37)23-11-16(3)7-8-17(23)4/h7-15H,1-6H3,(H,33,38). The molecule has 4 aromatic rings. The van der Waals surface area contributed by atoms with Crippen LogP contribution in [0.3, 0.4) is 0 Å². The van der Waals surface area contributed by atoms with Gasteiger partial charge in [0.2, 0.25) is 5.88 Å². The monoisotopic (exact) mass is 557 g/mol. The largest absolute Gasteiger partial charge is 0.480 e. The van der Waals surface area contributed by atoms with Gasteiger partial charge in [-0.05, 0) is 63.1 Å². The van der Waals surface area contributed by atoms with E-state index in [1.165, 1.54) is 14.2 Å². The van der Waals surface area contributed by atoms with E-state index < -0.39 is 5.54 Å². The molecular formula is C30H28ClN5O4. The van der Waals surface area contributed by atoms with E-state index in [1.54, 1.807) is 29.3 Å². The first-order chi connectivity index (χ1) is 19.1. The van der Waals surface area contributed by atoms with Crippen molar-refractivity contribution in [3.05, 3.63) is 81.6 Å². The molecule has 9 nitrogen and oxygen atoms in total. The number of ether oxygens (including phenoxy) is 2. The normalized spacial score (nSPS) is 17.4. The maximum absolute atomic E-state index is 14.5. The van der Waals surface area contributed by atoms with Crippen molar-refractivity contribution in [2.75, 3.05) is 24.4 Å². The Hall–Kier alpha value is -4.37. The van der Waals surface area contributed by atoms with Gasteiger partial charge in [0.25, 0.3) is 11.8 Å². The Labute approximate surface area is 236 Å². The van der Waals surface area contributed by atoms with Gasteiger partial charge in [-0.2, -0.15) is 4.98 Å². The number of benzene rings is 2. The molecular weight excluding hydrogens is 530 g/mol. The van der Waals surface area contributed by atoms with Gasteiger partial charge in [-0.25, -0.2) is 4.98 Å². The number of aryl methyl sites for hydroxylation is 2. The number of carbonyl (C=O) groups is 2. The van der Waals surface area contributed by atoms with Gasteiger partial charge >= 0.3 is 6.01 Å². The number of nitrogens with zero attached hydrogens (tertiary/aromatic N) is 4. The third-order valence-corrected chi connectivity index (χ3v) is 7.84. The molecule has 40 heavy (non-hydrogen) atoms. The molecule has 2 amide bonds. The first-order valence-corrected chi connectivity index (χ1v) is 13.3. The smallest absolute Gasteiger partial charge is 0.319 e. The van der Waals surface area contributed by atoms with E-state index in [0.29, 0.717) is 50.4 Å². The molecule has 0 aliphatic carbocycles. The lowest BCUT2D eigenvalue weighted by Gasteiger charge is -2.37. The Kier molecular flexibility index (Phi) is 5.88. The molecule has 0 saturated carbocycles. The number of hydrogen-bond acceptors (Lipinski definition) is 6. The van der Waals surface area contributed by atoms with Crippen molar-refractivity contribution in [1.29, 1.82) is 0 Å². The molecule has 10 heteroatoms. The summed E-state index contributed by atoms with van der Waals surface area (Å²) in [7, 11) is 2.99. The highest BCUT2D eigenvalue weighted by Crippen LogP contribution is 2.55. The molecule has 0 bridgehead atoms. The molecule has 0 radical (unpaired) electrons. The number of nitrogens with one attached hydrogen (secondary N) is 1. The lowest BCUT2D eigenvalue weighted by atomic mass is 9.86. The van der Waals surface area contributed by atoms with Gasteiger partial charge in [-0.3, -0.25) is 14.5 Å². The summed E-state index contributed by atoms with van der Waals surface area (Å²) in [5.41, 5.74) is 4.47. The Balaban J connectivity index is 1.73. The summed E-state index contributed by atoms with van der Waals surface area (Å²) in [4.78, 5) is 39.2. The van der Waals surface area contributed by atoms with Gasteiger partial charge in [0.1, 0.15) is 0 Å². The summed E-state index contributed by atoms with van der Waals surface area (Å²) < 4.78 is 12.8. The van der Waals surface area contributed by atoms with Crippen LogP contribution >= 0.6 is 11.6 Å². The SMILES string of the molecule is COc1ncc(-c2cc3c(n2C(C)C)C2(C(=O)Nc4cc(Cl)ccc42)N(c2cc(C)ccc2C)C3=O)c(OC)n1. The highest BCUT2D eigenvalue weighted by Gasteiger charge is 2.63. The summed E-state index contributed by atoms with van der Waals surface area (Å²) in [5, 5.41) is 3.51. The number of amides is 2. The van der Waals surface area contributed by atoms with E-state index in [0.717, 1.165) is 11.1 Å². The fourth-order valence-electron chi connectivity index (χ4n) is 5.94. The molecule has 1 N–H and O–H groups in total. The number of aromatic nitrogens is 3. The number of rotatable bonds is 5. The maximum atomic E-state index is 14.5. The van der Waals surface area contributed by atoms with Crippen LogP contribution in [0.1, 0.15) is 52.6 Å². The number of halogens is 1. The van der Waals surface area contributed by atoms with Gasteiger partial charge in [0.05, 0.1) is 36.7 Å². The third-order valence-electron chi connectivity index (χ3n) is 7.60. The molecule has 0 saturated heterocycles. The van der Waals surface area contributed by atoms with Crippen molar-refractivity contribution in [3.8, 4) is 23.1 Å². The summed E-state index contributed by atoms with van der Waals surface area (Å²) in [6, 6.07) is 13.0. The van der Waals surface area contributed by atoms with Crippen LogP contribution in [0.5, 0.6) is 11.9 Å². The molecule has 1 atom stereocenters. The molecule has 2 aliphatic heterocycles. The quantitative estimate of drug-likeness (QED) is 0.339. The number of hydrogen-bond donors (Lipinski definition) is 1. The van der Waals surface area contributed by atoms with Crippen LogP contribution in [0.4, 0.5) is 11.4 Å². The van der Waals surface area contributed by atoms with Crippen molar-refractivity contribution in [2.45, 2.75) is 39.3 Å². The van der Waals surface area contributed by atoms with Crippen LogP contribution in [-0.4, -0.2) is 40.6 Å². The number of anilines is 2. The van der Waals surface area contributed by atoms with Gasteiger partial charge in [-0.15, -0.1) is 0 Å². The average molecular weight is 558 g/mol. The maximum Gasteiger partial charge on any atom is 0.319 e. The Morgan fingerprint density at radius 3 is 2.48 bits per heavy atom. The lowest BCUT2D eigenvalue weighted by Crippen LogP contribution is -2.51. The van der Waals surface area contributed by atoms with Crippen LogP contribution in [0, 0.1) is 13.8 Å². The second-order valence-electron chi connectivity index (χ2n) is 10.3. The number of fused-ring (bicyclic) bond motifs is 4. The molecule has 4 heterocycles. The summed E-state index contributed by atoms with van der Waals surface area (Å²) >= 11 is 6.34. The highest BCUT2D eigenvalue weighted by atomic mass is 35.5. The molecule has 204 valence electrons. The van der Waals surface area contributed by atoms with Gasteiger partial charge in [-0.1, -0.05) is 29.8 Å². The second-order valence-corrected chi connectivity index (χ2v) is 10.8. The van der Waals surface area contributed by atoms with E-state index >= 15 is 0 Å². The van der Waals surface area contributed by atoms with E-state index in [4.69, 9.17) is 21.1 Å². The third kappa shape index (κ3) is 3.40. The van der Waals surface area contributed by atoms with Crippen LogP contribution < -0.4 is 19.7 Å². The highest BCUT2D eigenvalue weighted by molar-refractivity contribution is 6.31. The van der Waals surface area contributed by atoms with Crippen LogP contribution in [0.25, 0.3) is 11.3 Å². The molecule has 1 unspecified atom stereocenters. The van der Waals surface area contributed by atoms with Crippen LogP contribution in [-0.2, 0) is 10.3 Å². The minimum absolute atomic E-state index is 0.155. The van der Waals surface area contributed by atoms with Crippen LogP contribution in [0.15, 0.2) is 48.7 Å². The fraction of sp³-hybridized carbons (Fsp3) is 0.267. The number of methoxy groups -OCH3 is 2. The molecule has 2 aromatic carbocycles. The van der Waals surface area contributed by atoms with Gasteiger partial charge in [0, 0.05) is 34.2 Å². The zero-order valence-corrected chi connectivity index (χ0v) is 23.8. The fourth-order valence-corrected chi connectivity index (χ4v) is 6.11. The molecule has 2 aliphatic rings. The molecule has 0 fully saturated rings. The summed E-state index contributed by atoms with van der Waals surface area (Å²) in [5.74, 6) is -0.321. The molecule has 2 aromatic heterocycles. The second kappa shape index (κ2) is 9.09. The van der Waals surface area contributed by atoms with Crippen LogP contribution in [0.2, 0.25) is 5.02 Å². The van der Waals surface area contributed by atoms with E-state index in [2.05, 4.69) is 15.3 Å². The topological polar surface area (TPSA) is 98.6 Å². The average Bonchev–Trinajstić information content (AvgIpc) is 3.53. The van der Waals surface area contributed by atoms with Crippen molar-refractivity contribution in [2.24, 2.45) is 0 Å². The van der Waals surface area contributed by atoms with Crippen molar-refractivity contribution >= 4 is 34.8 Å². The lowest BCUT2D eigenvalue weighted by molar-refractivity contribution is -0.119. The van der Waals surface area contributed by atoms with E-state index in [9.17, 15) is 9.59 Å². The number of carbonyl (C=O) groups excluding carboxylic acids is 2. The minimum Gasteiger partial charge on any atom is -0.480 e. The molecule has 6 rings (SSSR count). The Bertz CT molecular complexity index is 1730. The van der Waals surface area contributed by atoms with Crippen molar-refractivity contribution in [1.82, 2.24) is 14.5 Å². The van der Waals surface area contributed by atoms with Crippen molar-refractivity contribution < 1.29 is 19.1 Å². The molecule has 1 spiro atoms. The van der Waals surface area contributed by atoms with E-state index in [1.807, 2.05) is 56.5 Å². The first kappa shape index (κ1) is 25.9. The minimum atomic E-state index is -1.48. The zero-order valence-electron chi connectivity index (χ0n) is 23.0. The predicted molar refractivity (Wildman–Crippen MR) is 153 cm³/mol. The zero-order chi connectivity index (χ0) is 28.5. The summed E-state index contributed by atoms with van der Waals surface area (Å²) in [6.07, 6.45) is 1.61. The van der Waals surface area contributed by atoms with Crippen molar-refractivity contribution in [3.63, 3.8) is 0 Å². The predicted octanol–water partition coefficient (Wildman–Crippen LogP) is 5.67. The Morgan fingerprint density at radius 1 is 1.00 bits per heavy atom. The Morgan fingerprint density at radius 2 is 1.77 bits per heavy atom. The summed E-state index contributed by atoms with van der Waals surface area (Å²) in [6.45, 7) is 7.92. The first-order valence-electron chi connectivity index (χ1n) is 12.9. The van der Waals surface area contributed by atoms with Gasteiger partial charge < -0.3 is 19.4 Å². The van der Waals surface area contributed by atoms with E-state index in [-0.39, 0.29) is 23.9 Å². The van der Waals surface area contributed by atoms with Gasteiger partial charge in [0.15, 0.2) is 5.54 Å².